The van der Waals surface area contributed by atoms with Gasteiger partial charge in [-0.2, -0.15) is 0 Å². The van der Waals surface area contributed by atoms with Gasteiger partial charge in [-0.25, -0.2) is 4.79 Å². The van der Waals surface area contributed by atoms with E-state index in [0.29, 0.717) is 0 Å². The molecule has 0 rings (SSSR count). The highest BCUT2D eigenvalue weighted by atomic mass is 16.6. The molecule has 0 aliphatic rings. The summed E-state index contributed by atoms with van der Waals surface area (Å²) in [5, 5.41) is 13.9. The van der Waals surface area contributed by atoms with E-state index in [-0.39, 0.29) is 0 Å². The fraction of sp³-hybridized carbons (Fsp3) is 0.900. The van der Waals surface area contributed by atoms with E-state index in [4.69, 9.17) is 15.0 Å². The topological polar surface area (TPSA) is 57.5 Å². The molecule has 0 aromatic rings. The van der Waals surface area contributed by atoms with Crippen molar-refractivity contribution in [3.8, 4) is 0 Å². The van der Waals surface area contributed by atoms with Crippen LogP contribution < -0.4 is 0 Å². The molecule has 0 bridgehead atoms. The third kappa shape index (κ3) is 30.3. The fourth-order valence-electron chi connectivity index (χ4n) is 1.01. The molecule has 0 amide bonds. The lowest BCUT2D eigenvalue weighted by Crippen LogP contribution is -2.35. The van der Waals surface area contributed by atoms with Crippen LogP contribution in [-0.2, 0) is 0 Å². The Labute approximate surface area is 86.7 Å². The van der Waals surface area contributed by atoms with Gasteiger partial charge in [0.2, 0.25) is 0 Å². The number of hydrogen-bond acceptors (Lipinski definition) is 1. The first-order valence-electron chi connectivity index (χ1n) is 5.02. The van der Waals surface area contributed by atoms with Gasteiger partial charge in [0.1, 0.15) is 0 Å². The van der Waals surface area contributed by atoms with Crippen molar-refractivity contribution in [1.82, 2.24) is 0 Å². The molecule has 0 radical (unpaired) electrons. The summed E-state index contributed by atoms with van der Waals surface area (Å²) in [6.07, 6.45) is 3.71. The Morgan fingerprint density at radius 3 is 1.79 bits per heavy atom. The van der Waals surface area contributed by atoms with Crippen LogP contribution in [0.3, 0.4) is 0 Å². The minimum atomic E-state index is -1.83. The van der Waals surface area contributed by atoms with E-state index in [1.54, 1.807) is 0 Å². The Hall–Kier alpha value is -0.770. The molecular formula is C10H24NO3+. The van der Waals surface area contributed by atoms with Crippen LogP contribution >= 0.6 is 0 Å². The highest BCUT2D eigenvalue weighted by Gasteiger charge is 2.04. The molecular weight excluding hydrogens is 182 g/mol. The first kappa shape index (κ1) is 15.7. The molecule has 0 saturated heterocycles. The van der Waals surface area contributed by atoms with Crippen LogP contribution in [0.15, 0.2) is 0 Å². The van der Waals surface area contributed by atoms with Gasteiger partial charge < -0.3 is 14.7 Å². The maximum Gasteiger partial charge on any atom is 0.503 e. The van der Waals surface area contributed by atoms with Crippen molar-refractivity contribution < 1.29 is 19.5 Å². The third-order valence-electron chi connectivity index (χ3n) is 1.68. The van der Waals surface area contributed by atoms with Gasteiger partial charge in [-0.15, -0.1) is 0 Å². The van der Waals surface area contributed by atoms with Crippen LogP contribution in [0.5, 0.6) is 0 Å². The number of nitrogens with zero attached hydrogens (tertiary/aromatic N) is 1. The Kier molecular flexibility index (Phi) is 9.88. The van der Waals surface area contributed by atoms with Gasteiger partial charge in [-0.3, -0.25) is 0 Å². The number of unbranched alkanes of at least 4 members (excludes halogenated alkanes) is 3. The molecule has 0 aliphatic heterocycles. The lowest BCUT2D eigenvalue weighted by atomic mass is 10.2. The summed E-state index contributed by atoms with van der Waals surface area (Å²) in [5.74, 6) is 0. The standard InChI is InChI=1S/C9H22N.CH2O3/c1-5-6-7-8-9-10(2,3)4;2-1(3)4/h5-9H2,1-4H3;(H2,2,3,4)/q+1;. The van der Waals surface area contributed by atoms with Crippen LogP contribution in [0.1, 0.15) is 32.6 Å². The van der Waals surface area contributed by atoms with Gasteiger partial charge in [0.25, 0.3) is 0 Å². The second-order valence-corrected chi connectivity index (χ2v) is 4.36. The van der Waals surface area contributed by atoms with Gasteiger partial charge in [-0.05, 0) is 12.8 Å². The molecule has 0 heterocycles. The minimum absolute atomic E-state index is 1.11. The first-order chi connectivity index (χ1) is 6.29. The van der Waals surface area contributed by atoms with E-state index in [2.05, 4.69) is 28.1 Å². The molecule has 0 aliphatic carbocycles. The van der Waals surface area contributed by atoms with Crippen molar-refractivity contribution in [2.75, 3.05) is 27.7 Å². The summed E-state index contributed by atoms with van der Waals surface area (Å²) in [6, 6.07) is 0. The SMILES string of the molecule is CCCCCC[N+](C)(C)C.O=C(O)O. The monoisotopic (exact) mass is 206 g/mol. The Bertz CT molecular complexity index is 137. The van der Waals surface area contributed by atoms with Crippen LogP contribution in [0.25, 0.3) is 0 Å². The molecule has 14 heavy (non-hydrogen) atoms. The first-order valence-corrected chi connectivity index (χ1v) is 5.02. The summed E-state index contributed by atoms with van der Waals surface area (Å²) >= 11 is 0. The normalized spacial score (nSPS) is 10.3. The van der Waals surface area contributed by atoms with Gasteiger partial charge >= 0.3 is 6.16 Å². The van der Waals surface area contributed by atoms with Crippen molar-refractivity contribution in [2.45, 2.75) is 32.6 Å². The van der Waals surface area contributed by atoms with Crippen LogP contribution in [0.2, 0.25) is 0 Å². The average molecular weight is 206 g/mol. The summed E-state index contributed by atoms with van der Waals surface area (Å²) in [4.78, 5) is 8.56. The molecule has 0 atom stereocenters. The molecule has 2 N–H and O–H groups in total. The van der Waals surface area contributed by atoms with Gasteiger partial charge in [-0.1, -0.05) is 19.8 Å². The number of hydrogen-bond donors (Lipinski definition) is 2. The molecule has 0 fully saturated rings. The maximum atomic E-state index is 8.56. The highest BCUT2D eigenvalue weighted by Crippen LogP contribution is 2.01. The maximum absolute atomic E-state index is 8.56. The van der Waals surface area contributed by atoms with Gasteiger partial charge in [0.15, 0.2) is 0 Å². The van der Waals surface area contributed by atoms with Gasteiger partial charge in [0.05, 0.1) is 27.7 Å². The fourth-order valence-corrected chi connectivity index (χ4v) is 1.01. The van der Waals surface area contributed by atoms with Crippen molar-refractivity contribution in [1.29, 1.82) is 0 Å². The highest BCUT2D eigenvalue weighted by molar-refractivity contribution is 5.53. The molecule has 0 spiro atoms. The Morgan fingerprint density at radius 1 is 1.07 bits per heavy atom. The van der Waals surface area contributed by atoms with Crippen LogP contribution in [0.4, 0.5) is 4.79 Å². The van der Waals surface area contributed by atoms with E-state index in [9.17, 15) is 0 Å². The molecule has 0 saturated carbocycles. The lowest BCUT2D eigenvalue weighted by Gasteiger charge is -2.23. The quantitative estimate of drug-likeness (QED) is 0.536. The summed E-state index contributed by atoms with van der Waals surface area (Å²) < 4.78 is 1.11. The Balaban J connectivity index is 0. The second-order valence-electron chi connectivity index (χ2n) is 4.36. The largest absolute Gasteiger partial charge is 0.503 e. The summed E-state index contributed by atoms with van der Waals surface area (Å²) in [5.41, 5.74) is 0. The van der Waals surface area contributed by atoms with Crippen molar-refractivity contribution in [2.24, 2.45) is 0 Å². The van der Waals surface area contributed by atoms with Crippen LogP contribution in [0, 0.1) is 0 Å². The summed E-state index contributed by atoms with van der Waals surface area (Å²) in [6.45, 7) is 3.58. The number of carbonyl (C=O) groups is 1. The number of carboxylic acid groups (broad SMARTS) is 2. The second kappa shape index (κ2) is 8.81. The third-order valence-corrected chi connectivity index (χ3v) is 1.68. The molecule has 0 aromatic heterocycles. The van der Waals surface area contributed by atoms with E-state index < -0.39 is 6.16 Å². The van der Waals surface area contributed by atoms with Gasteiger partial charge in [0, 0.05) is 0 Å². The number of quaternary nitrogens is 1. The van der Waals surface area contributed by atoms with E-state index in [0.717, 1.165) is 4.48 Å². The van der Waals surface area contributed by atoms with Crippen molar-refractivity contribution in [3.05, 3.63) is 0 Å². The predicted octanol–water partition coefficient (Wildman–Crippen LogP) is 2.50. The lowest BCUT2D eigenvalue weighted by molar-refractivity contribution is -0.870. The number of rotatable bonds is 5. The zero-order valence-electron chi connectivity index (χ0n) is 9.79. The van der Waals surface area contributed by atoms with E-state index >= 15 is 0 Å². The molecule has 4 nitrogen and oxygen atoms in total. The van der Waals surface area contributed by atoms with E-state index in [1.165, 1.54) is 32.2 Å². The zero-order valence-corrected chi connectivity index (χ0v) is 9.79. The molecule has 4 heteroatoms. The summed E-state index contributed by atoms with van der Waals surface area (Å²) in [7, 11) is 6.77. The Morgan fingerprint density at radius 2 is 1.50 bits per heavy atom. The van der Waals surface area contributed by atoms with Crippen LogP contribution in [-0.4, -0.2) is 48.5 Å². The molecule has 86 valence electrons. The predicted molar refractivity (Wildman–Crippen MR) is 57.7 cm³/mol. The van der Waals surface area contributed by atoms with E-state index in [1.807, 2.05) is 0 Å². The average Bonchev–Trinajstić information content (AvgIpc) is 1.95. The molecule has 0 aromatic carbocycles. The zero-order chi connectivity index (χ0) is 11.6. The van der Waals surface area contributed by atoms with Crippen molar-refractivity contribution in [3.63, 3.8) is 0 Å². The minimum Gasteiger partial charge on any atom is -0.450 e. The van der Waals surface area contributed by atoms with Crippen molar-refractivity contribution >= 4 is 6.16 Å². The smallest absolute Gasteiger partial charge is 0.450 e. The molecule has 0 unspecified atom stereocenters.